The van der Waals surface area contributed by atoms with E-state index >= 15 is 0 Å². The van der Waals surface area contributed by atoms with E-state index in [4.69, 9.17) is 15.4 Å². The maximum absolute atomic E-state index is 8.77. The fourth-order valence-corrected chi connectivity index (χ4v) is 10.3. The monoisotopic (exact) mass is 655 g/mol. The predicted octanol–water partition coefficient (Wildman–Crippen LogP) is 4.16. The summed E-state index contributed by atoms with van der Waals surface area (Å²) in [5.74, 6) is 0.912. The molecule has 0 saturated carbocycles. The van der Waals surface area contributed by atoms with Crippen molar-refractivity contribution in [1.82, 2.24) is 39.2 Å². The van der Waals surface area contributed by atoms with E-state index in [2.05, 4.69) is 124 Å². The second-order valence-electron chi connectivity index (χ2n) is 14.3. The first-order valence-corrected chi connectivity index (χ1v) is 18.2. The van der Waals surface area contributed by atoms with Crippen molar-refractivity contribution >= 4 is 23.2 Å². The fourth-order valence-electron chi connectivity index (χ4n) is 10.3. The minimum atomic E-state index is -0.598. The van der Waals surface area contributed by atoms with Crippen LogP contribution in [0.4, 0.5) is 5.69 Å². The number of para-hydroxylation sites is 1. The molecular formula is C38H45N11. The molecule has 252 valence electrons. The summed E-state index contributed by atoms with van der Waals surface area (Å²) >= 11 is 0. The number of nitrogens with zero attached hydrogens (tertiary/aromatic N) is 10. The quantitative estimate of drug-likeness (QED) is 0.447. The molecule has 2 atom stereocenters. The van der Waals surface area contributed by atoms with Crippen molar-refractivity contribution in [3.63, 3.8) is 0 Å². The largest absolute Gasteiger partial charge is 0.300 e. The van der Waals surface area contributed by atoms with Crippen LogP contribution in [-0.4, -0.2) is 127 Å². The van der Waals surface area contributed by atoms with Crippen LogP contribution in [0.2, 0.25) is 0 Å². The van der Waals surface area contributed by atoms with Gasteiger partial charge >= 0.3 is 0 Å². The molecule has 1 N–H and O–H groups in total. The van der Waals surface area contributed by atoms with E-state index in [9.17, 15) is 0 Å². The minimum Gasteiger partial charge on any atom is -0.300 e. The van der Waals surface area contributed by atoms with Gasteiger partial charge in [0.05, 0.1) is 5.69 Å². The van der Waals surface area contributed by atoms with E-state index in [-0.39, 0.29) is 18.4 Å². The molecule has 0 bridgehead atoms. The average molecular weight is 656 g/mol. The summed E-state index contributed by atoms with van der Waals surface area (Å²) in [5, 5.41) is 8.77. The van der Waals surface area contributed by atoms with E-state index in [0.717, 1.165) is 102 Å². The normalized spacial score (nSPS) is 37.3. The fraction of sp³-hybridized carbons (Fsp3) is 0.447. The van der Waals surface area contributed by atoms with Crippen molar-refractivity contribution in [3.05, 3.63) is 103 Å². The Morgan fingerprint density at radius 2 is 1.16 bits per heavy atom. The third kappa shape index (κ3) is 4.20. The maximum Gasteiger partial charge on any atom is 0.190 e. The molecule has 9 heterocycles. The molecule has 1 aromatic rings. The van der Waals surface area contributed by atoms with Crippen molar-refractivity contribution in [2.24, 2.45) is 9.98 Å². The first-order chi connectivity index (χ1) is 24.2. The van der Waals surface area contributed by atoms with E-state index in [1.165, 1.54) is 5.56 Å². The molecule has 11 heteroatoms. The lowest BCUT2D eigenvalue weighted by Crippen LogP contribution is -2.89. The van der Waals surface area contributed by atoms with Gasteiger partial charge in [-0.25, -0.2) is 29.6 Å². The molecule has 49 heavy (non-hydrogen) atoms. The number of nitrogens with one attached hydrogen (secondary N) is 1. The van der Waals surface area contributed by atoms with Crippen LogP contribution in [0.5, 0.6) is 0 Å². The van der Waals surface area contributed by atoms with Crippen LogP contribution in [0.25, 0.3) is 0 Å². The van der Waals surface area contributed by atoms with Gasteiger partial charge in [0.2, 0.25) is 0 Å². The zero-order valence-electron chi connectivity index (χ0n) is 28.1. The summed E-state index contributed by atoms with van der Waals surface area (Å²) in [7, 11) is 0. The van der Waals surface area contributed by atoms with Crippen LogP contribution < -0.4 is 0 Å². The Balaban J connectivity index is 1.29. The van der Waals surface area contributed by atoms with Crippen LogP contribution in [0, 0.1) is 5.41 Å². The van der Waals surface area contributed by atoms with Gasteiger partial charge in [0.25, 0.3) is 0 Å². The van der Waals surface area contributed by atoms with Crippen molar-refractivity contribution in [2.75, 3.05) is 52.4 Å². The highest BCUT2D eigenvalue weighted by Crippen LogP contribution is 2.54. The molecule has 0 radical (unpaired) electrons. The van der Waals surface area contributed by atoms with E-state index < -0.39 is 11.6 Å². The molecule has 2 unspecified atom stereocenters. The molecule has 1 aromatic carbocycles. The lowest BCUT2D eigenvalue weighted by Gasteiger charge is -2.74. The maximum atomic E-state index is 8.77. The number of rotatable bonds is 0. The number of allylic oxidation sites excluding steroid dienone is 6. The first-order valence-electron chi connectivity index (χ1n) is 18.2. The number of hydrogen-bond acceptors (Lipinski definition) is 10. The van der Waals surface area contributed by atoms with Gasteiger partial charge in [0, 0.05) is 76.7 Å². The molecule has 11 nitrogen and oxygen atoms in total. The Kier molecular flexibility index (Phi) is 7.05. The molecule has 0 aromatic heterocycles. The topological polar surface area (TPSA) is 74.5 Å². The van der Waals surface area contributed by atoms with Crippen molar-refractivity contribution in [3.8, 4) is 0 Å². The van der Waals surface area contributed by atoms with E-state index in [0.29, 0.717) is 0 Å². The lowest BCUT2D eigenvalue weighted by atomic mass is 9.91. The minimum absolute atomic E-state index is 0.0133. The van der Waals surface area contributed by atoms with Gasteiger partial charge in [0.1, 0.15) is 30.1 Å². The smallest absolute Gasteiger partial charge is 0.190 e. The SMILES string of the molecule is N=C1/C=C\C=C/C[C@]2(N3C=CC=C/C3=N/1)N1CCCN3CCCN(C31)[C@]1(c3ccccc3N=C3C=CC=CN31)N1CCCN3CCCN2C31. The molecule has 10 rings (SSSR count). The Hall–Kier alpha value is -3.97. The Morgan fingerprint density at radius 1 is 0.592 bits per heavy atom. The molecule has 2 spiro atoms. The van der Waals surface area contributed by atoms with Gasteiger partial charge < -0.3 is 4.90 Å². The van der Waals surface area contributed by atoms with Crippen molar-refractivity contribution < 1.29 is 0 Å². The second-order valence-corrected chi connectivity index (χ2v) is 14.3. The Morgan fingerprint density at radius 3 is 1.84 bits per heavy atom. The summed E-state index contributed by atoms with van der Waals surface area (Å²) in [6.07, 6.45) is 30.8. The summed E-state index contributed by atoms with van der Waals surface area (Å²) in [6.45, 7) is 8.11. The summed E-state index contributed by atoms with van der Waals surface area (Å²) in [4.78, 5) is 32.1. The zero-order valence-corrected chi connectivity index (χ0v) is 28.1. The van der Waals surface area contributed by atoms with Gasteiger partial charge in [0.15, 0.2) is 11.6 Å². The molecule has 9 aliphatic rings. The number of amidine groups is 3. The number of aliphatic imine (C=N–C) groups is 2. The third-order valence-corrected chi connectivity index (χ3v) is 11.9. The molecule has 0 amide bonds. The van der Waals surface area contributed by atoms with Crippen LogP contribution in [0.15, 0.2) is 107 Å². The van der Waals surface area contributed by atoms with Crippen LogP contribution >= 0.6 is 0 Å². The van der Waals surface area contributed by atoms with Crippen LogP contribution in [0.1, 0.15) is 37.7 Å². The van der Waals surface area contributed by atoms with Crippen molar-refractivity contribution in [2.45, 2.75) is 56.3 Å². The summed E-state index contributed by atoms with van der Waals surface area (Å²) in [5.41, 5.74) is 2.33. The number of benzene rings is 1. The molecule has 0 aliphatic carbocycles. The van der Waals surface area contributed by atoms with E-state index in [1.807, 2.05) is 6.08 Å². The predicted molar refractivity (Wildman–Crippen MR) is 192 cm³/mol. The standard InChI is InChI=1S/C38H45N11/c39-32-16-2-1-7-19-37(44-24-8-5-18-34(44)41-32)46-26-10-20-42-22-12-28-48(35(42)46)38(49-29-13-23-43-21-11-27-47(37)36(43)49)30-14-3-4-15-31(30)40-33-17-6-9-25-45(33)38/h1-9,14-18,24-25,35-36,39H,10-13,19-23,26-29H2/b7-1-,16-2-,39-32?,41-34-/t35?,36?,37-,38+. The molecule has 9 aliphatic heterocycles. The lowest BCUT2D eigenvalue weighted by molar-refractivity contribution is -0.362. The second kappa shape index (κ2) is 11.5. The Bertz CT molecular complexity index is 1740. The number of hydrogen-bond donors (Lipinski definition) is 1. The molecule has 5 saturated heterocycles. The number of fused-ring (bicyclic) bond motifs is 10. The third-order valence-electron chi connectivity index (χ3n) is 11.9. The molecule has 5 fully saturated rings. The van der Waals surface area contributed by atoms with Gasteiger partial charge in [-0.3, -0.25) is 20.1 Å². The summed E-state index contributed by atoms with van der Waals surface area (Å²) in [6, 6.07) is 8.93. The molecular weight excluding hydrogens is 610 g/mol. The average Bonchev–Trinajstić information content (AvgIpc) is 3.15. The van der Waals surface area contributed by atoms with E-state index in [1.54, 1.807) is 6.08 Å². The summed E-state index contributed by atoms with van der Waals surface area (Å²) < 4.78 is 0. The first kappa shape index (κ1) is 29.9. The highest BCUT2D eigenvalue weighted by molar-refractivity contribution is 6.06. The van der Waals surface area contributed by atoms with Crippen LogP contribution in [0.3, 0.4) is 0 Å². The highest BCUT2D eigenvalue weighted by atomic mass is 15.8. The van der Waals surface area contributed by atoms with Crippen molar-refractivity contribution in [1.29, 1.82) is 5.41 Å². The van der Waals surface area contributed by atoms with Gasteiger partial charge in [-0.2, -0.15) is 0 Å². The van der Waals surface area contributed by atoms with Gasteiger partial charge in [-0.05, 0) is 62.1 Å². The Labute approximate surface area is 288 Å². The highest BCUT2D eigenvalue weighted by Gasteiger charge is 2.67. The van der Waals surface area contributed by atoms with Gasteiger partial charge in [-0.15, -0.1) is 0 Å². The zero-order chi connectivity index (χ0) is 32.6. The van der Waals surface area contributed by atoms with Gasteiger partial charge in [-0.1, -0.05) is 48.6 Å². The van der Waals surface area contributed by atoms with Crippen LogP contribution in [-0.2, 0) is 5.79 Å².